The Balaban J connectivity index is 1.76. The number of hydrogen-bond donors (Lipinski definition) is 3. The SMILES string of the molecule is CCCC(NC(=O)c1ccc(-c2ccc(Cl)c(F)c2)[nH]1)c1ncc(CO)s1. The van der Waals surface area contributed by atoms with Crippen LogP contribution in [-0.4, -0.2) is 21.0 Å². The fourth-order valence-electron chi connectivity index (χ4n) is 2.70. The molecule has 3 rings (SSSR count). The second-order valence-corrected chi connectivity index (χ2v) is 7.61. The van der Waals surface area contributed by atoms with Gasteiger partial charge in [-0.2, -0.15) is 0 Å². The zero-order valence-electron chi connectivity index (χ0n) is 14.6. The third-order valence-electron chi connectivity index (χ3n) is 4.07. The number of aromatic nitrogens is 2. The first-order valence-corrected chi connectivity index (χ1v) is 9.72. The molecule has 0 aliphatic carbocycles. The van der Waals surface area contributed by atoms with Crippen molar-refractivity contribution in [2.75, 3.05) is 0 Å². The van der Waals surface area contributed by atoms with Gasteiger partial charge in [0.15, 0.2) is 0 Å². The van der Waals surface area contributed by atoms with E-state index in [0.717, 1.165) is 22.7 Å². The number of aliphatic hydroxyl groups excluding tert-OH is 1. The molecule has 0 spiro atoms. The zero-order valence-corrected chi connectivity index (χ0v) is 16.2. The Morgan fingerprint density at radius 2 is 2.22 bits per heavy atom. The van der Waals surface area contributed by atoms with Gasteiger partial charge in [0, 0.05) is 17.5 Å². The van der Waals surface area contributed by atoms with Crippen LogP contribution in [0.25, 0.3) is 11.3 Å². The minimum Gasteiger partial charge on any atom is -0.391 e. The normalized spacial score (nSPS) is 12.1. The molecule has 1 aromatic carbocycles. The number of nitrogens with one attached hydrogen (secondary N) is 2. The summed E-state index contributed by atoms with van der Waals surface area (Å²) in [5, 5.41) is 13.0. The van der Waals surface area contributed by atoms with E-state index in [2.05, 4.69) is 15.3 Å². The zero-order chi connectivity index (χ0) is 19.4. The molecule has 2 aromatic heterocycles. The Bertz CT molecular complexity index is 941. The molecule has 5 nitrogen and oxygen atoms in total. The largest absolute Gasteiger partial charge is 0.391 e. The second-order valence-electron chi connectivity index (χ2n) is 6.05. The average molecular weight is 408 g/mol. The van der Waals surface area contributed by atoms with Gasteiger partial charge < -0.3 is 15.4 Å². The first-order valence-electron chi connectivity index (χ1n) is 8.52. The van der Waals surface area contributed by atoms with Crippen molar-refractivity contribution in [1.82, 2.24) is 15.3 Å². The lowest BCUT2D eigenvalue weighted by Gasteiger charge is -2.15. The van der Waals surface area contributed by atoms with Gasteiger partial charge in [-0.3, -0.25) is 4.79 Å². The van der Waals surface area contributed by atoms with Crippen LogP contribution in [-0.2, 0) is 6.61 Å². The molecule has 1 unspecified atom stereocenters. The van der Waals surface area contributed by atoms with Gasteiger partial charge in [-0.15, -0.1) is 11.3 Å². The van der Waals surface area contributed by atoms with E-state index >= 15 is 0 Å². The fraction of sp³-hybridized carbons (Fsp3) is 0.263. The van der Waals surface area contributed by atoms with Crippen LogP contribution in [0.3, 0.4) is 0 Å². The molecular weight excluding hydrogens is 389 g/mol. The van der Waals surface area contributed by atoms with Crippen molar-refractivity contribution in [3.8, 4) is 11.3 Å². The highest BCUT2D eigenvalue weighted by atomic mass is 35.5. The number of halogens is 2. The van der Waals surface area contributed by atoms with Crippen molar-refractivity contribution in [1.29, 1.82) is 0 Å². The van der Waals surface area contributed by atoms with Crippen LogP contribution in [0.4, 0.5) is 4.39 Å². The van der Waals surface area contributed by atoms with E-state index in [1.807, 2.05) is 6.92 Å². The Labute approximate surface area is 165 Å². The molecule has 0 aliphatic rings. The summed E-state index contributed by atoms with van der Waals surface area (Å²) >= 11 is 7.09. The lowest BCUT2D eigenvalue weighted by atomic mass is 10.1. The highest BCUT2D eigenvalue weighted by Gasteiger charge is 2.19. The molecule has 0 fully saturated rings. The summed E-state index contributed by atoms with van der Waals surface area (Å²) in [6.45, 7) is 1.96. The number of nitrogens with zero attached hydrogens (tertiary/aromatic N) is 1. The van der Waals surface area contributed by atoms with Crippen LogP contribution < -0.4 is 5.32 Å². The molecule has 1 atom stereocenters. The van der Waals surface area contributed by atoms with E-state index < -0.39 is 5.82 Å². The van der Waals surface area contributed by atoms with Crippen LogP contribution in [0.2, 0.25) is 5.02 Å². The molecule has 0 saturated carbocycles. The minimum atomic E-state index is -0.513. The van der Waals surface area contributed by atoms with Gasteiger partial charge in [-0.1, -0.05) is 31.0 Å². The average Bonchev–Trinajstić information content (AvgIpc) is 3.33. The summed E-state index contributed by atoms with van der Waals surface area (Å²) in [5.41, 5.74) is 1.61. The number of amides is 1. The number of carbonyl (C=O) groups excluding carboxylic acids is 1. The highest BCUT2D eigenvalue weighted by molar-refractivity contribution is 7.11. The first kappa shape index (κ1) is 19.5. The van der Waals surface area contributed by atoms with Crippen molar-refractivity contribution in [2.24, 2.45) is 0 Å². The maximum atomic E-state index is 13.7. The summed E-state index contributed by atoms with van der Waals surface area (Å²) in [6.07, 6.45) is 3.23. The van der Waals surface area contributed by atoms with Gasteiger partial charge in [0.1, 0.15) is 16.5 Å². The fourth-order valence-corrected chi connectivity index (χ4v) is 3.68. The lowest BCUT2D eigenvalue weighted by molar-refractivity contribution is 0.0930. The molecule has 0 aliphatic heterocycles. The molecule has 3 N–H and O–H groups in total. The molecule has 0 radical (unpaired) electrons. The summed E-state index contributed by atoms with van der Waals surface area (Å²) in [7, 11) is 0. The van der Waals surface area contributed by atoms with Crippen molar-refractivity contribution in [3.05, 3.63) is 62.9 Å². The number of carbonyl (C=O) groups is 1. The minimum absolute atomic E-state index is 0.0522. The van der Waals surface area contributed by atoms with E-state index in [0.29, 0.717) is 17.0 Å². The third kappa shape index (κ3) is 4.55. The molecule has 2 heterocycles. The lowest BCUT2D eigenvalue weighted by Crippen LogP contribution is -2.28. The van der Waals surface area contributed by atoms with E-state index in [1.165, 1.54) is 23.5 Å². The molecular formula is C19H19ClFN3O2S. The van der Waals surface area contributed by atoms with Crippen molar-refractivity contribution >= 4 is 28.8 Å². The standard InChI is InChI=1S/C19H19ClFN3O2S/c1-2-3-17(19-22-9-12(10-25)27-19)24-18(26)16-7-6-15(23-16)11-4-5-13(20)14(21)8-11/h4-9,17,23,25H,2-3,10H2,1H3,(H,24,26). The molecule has 0 saturated heterocycles. The molecule has 27 heavy (non-hydrogen) atoms. The van der Waals surface area contributed by atoms with E-state index in [9.17, 15) is 14.3 Å². The van der Waals surface area contributed by atoms with E-state index in [4.69, 9.17) is 11.6 Å². The van der Waals surface area contributed by atoms with Gasteiger partial charge in [0.05, 0.1) is 22.5 Å². The topological polar surface area (TPSA) is 78.0 Å². The third-order valence-corrected chi connectivity index (χ3v) is 5.47. The predicted molar refractivity (Wildman–Crippen MR) is 104 cm³/mol. The second kappa shape index (κ2) is 8.65. The number of thiazole rings is 1. The van der Waals surface area contributed by atoms with Crippen molar-refractivity contribution in [3.63, 3.8) is 0 Å². The van der Waals surface area contributed by atoms with Crippen LogP contribution >= 0.6 is 22.9 Å². The number of aromatic amines is 1. The highest BCUT2D eigenvalue weighted by Crippen LogP contribution is 2.26. The number of hydrogen-bond acceptors (Lipinski definition) is 4. The summed E-state index contributed by atoms with van der Waals surface area (Å²) in [6, 6.07) is 7.63. The first-order chi connectivity index (χ1) is 13.0. The smallest absolute Gasteiger partial charge is 0.268 e. The van der Waals surface area contributed by atoms with E-state index in [1.54, 1.807) is 24.4 Å². The Morgan fingerprint density at radius 1 is 1.41 bits per heavy atom. The van der Waals surface area contributed by atoms with Gasteiger partial charge >= 0.3 is 0 Å². The Kier molecular flexibility index (Phi) is 6.26. The maximum absolute atomic E-state index is 13.7. The van der Waals surface area contributed by atoms with Gasteiger partial charge in [-0.25, -0.2) is 9.37 Å². The Hall–Kier alpha value is -2.22. The maximum Gasteiger partial charge on any atom is 0.268 e. The van der Waals surface area contributed by atoms with Gasteiger partial charge in [-0.05, 0) is 30.7 Å². The summed E-state index contributed by atoms with van der Waals surface area (Å²) in [5.74, 6) is -0.781. The van der Waals surface area contributed by atoms with Crippen molar-refractivity contribution in [2.45, 2.75) is 32.4 Å². The van der Waals surface area contributed by atoms with Crippen LogP contribution in [0.15, 0.2) is 36.5 Å². The van der Waals surface area contributed by atoms with Crippen LogP contribution in [0, 0.1) is 5.82 Å². The molecule has 0 bridgehead atoms. The quantitative estimate of drug-likeness (QED) is 0.531. The summed E-state index contributed by atoms with van der Waals surface area (Å²) < 4.78 is 13.7. The van der Waals surface area contributed by atoms with E-state index in [-0.39, 0.29) is 23.6 Å². The predicted octanol–water partition coefficient (Wildman–Crippen LogP) is 4.69. The number of H-pyrrole nitrogens is 1. The van der Waals surface area contributed by atoms with Crippen LogP contribution in [0.5, 0.6) is 0 Å². The number of aliphatic hydroxyl groups is 1. The number of rotatable bonds is 7. The molecule has 1 amide bonds. The van der Waals surface area contributed by atoms with Gasteiger partial charge in [0.2, 0.25) is 0 Å². The van der Waals surface area contributed by atoms with Crippen molar-refractivity contribution < 1.29 is 14.3 Å². The molecule has 142 valence electrons. The summed E-state index contributed by atoms with van der Waals surface area (Å²) in [4.78, 5) is 20.7. The number of benzene rings is 1. The van der Waals surface area contributed by atoms with Gasteiger partial charge in [0.25, 0.3) is 5.91 Å². The molecule has 3 aromatic rings. The Morgan fingerprint density at radius 3 is 2.89 bits per heavy atom. The van der Waals surface area contributed by atoms with Crippen LogP contribution in [0.1, 0.15) is 46.2 Å². The molecule has 8 heteroatoms. The monoisotopic (exact) mass is 407 g/mol.